The van der Waals surface area contributed by atoms with Gasteiger partial charge in [-0.05, 0) is 44.2 Å². The van der Waals surface area contributed by atoms with Crippen molar-refractivity contribution in [1.82, 2.24) is 4.57 Å². The molecule has 0 bridgehead atoms. The third-order valence-electron chi connectivity index (χ3n) is 2.43. The van der Waals surface area contributed by atoms with Crippen molar-refractivity contribution in [3.63, 3.8) is 0 Å². The third-order valence-corrected chi connectivity index (χ3v) is 2.43. The number of benzene rings is 1. The lowest BCUT2D eigenvalue weighted by Gasteiger charge is -2.10. The molecule has 15 heavy (non-hydrogen) atoms. The van der Waals surface area contributed by atoms with E-state index in [9.17, 15) is 4.39 Å². The lowest BCUT2D eigenvalue weighted by Crippen LogP contribution is -2.00. The topological polar surface area (TPSA) is 30.9 Å². The van der Waals surface area contributed by atoms with Crippen molar-refractivity contribution in [3.05, 3.63) is 47.5 Å². The van der Waals surface area contributed by atoms with E-state index in [1.165, 1.54) is 12.1 Å². The monoisotopic (exact) mass is 204 g/mol. The fourth-order valence-electron chi connectivity index (χ4n) is 1.80. The van der Waals surface area contributed by atoms with Crippen molar-refractivity contribution in [1.29, 1.82) is 0 Å². The zero-order valence-corrected chi connectivity index (χ0v) is 8.79. The number of rotatable bonds is 1. The lowest BCUT2D eigenvalue weighted by molar-refractivity contribution is 0.627. The third kappa shape index (κ3) is 1.73. The summed E-state index contributed by atoms with van der Waals surface area (Å²) < 4.78 is 15.2. The van der Waals surface area contributed by atoms with Crippen molar-refractivity contribution in [3.8, 4) is 5.69 Å². The van der Waals surface area contributed by atoms with Gasteiger partial charge < -0.3 is 10.3 Å². The first-order valence-electron chi connectivity index (χ1n) is 4.79. The van der Waals surface area contributed by atoms with E-state index in [1.54, 1.807) is 6.07 Å². The molecule has 1 heterocycles. The summed E-state index contributed by atoms with van der Waals surface area (Å²) >= 11 is 0. The van der Waals surface area contributed by atoms with Crippen molar-refractivity contribution >= 4 is 5.69 Å². The molecule has 0 spiro atoms. The average Bonchev–Trinajstić information content (AvgIpc) is 2.44. The van der Waals surface area contributed by atoms with Crippen molar-refractivity contribution in [2.75, 3.05) is 5.73 Å². The quantitative estimate of drug-likeness (QED) is 0.711. The van der Waals surface area contributed by atoms with Gasteiger partial charge in [0.1, 0.15) is 5.82 Å². The zero-order valence-electron chi connectivity index (χ0n) is 8.79. The summed E-state index contributed by atoms with van der Waals surface area (Å²) in [5, 5.41) is 0. The maximum Gasteiger partial charge on any atom is 0.127 e. The molecular weight excluding hydrogens is 191 g/mol. The van der Waals surface area contributed by atoms with Gasteiger partial charge in [-0.25, -0.2) is 4.39 Å². The van der Waals surface area contributed by atoms with Crippen LogP contribution >= 0.6 is 0 Å². The second kappa shape index (κ2) is 3.42. The smallest absolute Gasteiger partial charge is 0.127 e. The van der Waals surface area contributed by atoms with Gasteiger partial charge in [0.25, 0.3) is 0 Å². The predicted octanol–water partition coefficient (Wildman–Crippen LogP) is 2.82. The van der Waals surface area contributed by atoms with Crippen LogP contribution in [0.2, 0.25) is 0 Å². The molecule has 0 unspecified atom stereocenters. The maximum atomic E-state index is 13.2. The largest absolute Gasteiger partial charge is 0.399 e. The number of nitrogens with zero attached hydrogens (tertiary/aromatic N) is 1. The van der Waals surface area contributed by atoms with Gasteiger partial charge in [0, 0.05) is 17.1 Å². The Bertz CT molecular complexity index is 461. The van der Waals surface area contributed by atoms with Gasteiger partial charge in [0.05, 0.1) is 5.69 Å². The number of aromatic nitrogens is 1. The van der Waals surface area contributed by atoms with Gasteiger partial charge in [-0.1, -0.05) is 0 Å². The Morgan fingerprint density at radius 3 is 2.20 bits per heavy atom. The summed E-state index contributed by atoms with van der Waals surface area (Å²) in [6.07, 6.45) is 0. The molecular formula is C12H13FN2. The Labute approximate surface area is 88.1 Å². The number of aryl methyl sites for hydroxylation is 2. The van der Waals surface area contributed by atoms with Crippen LogP contribution in [0.1, 0.15) is 11.4 Å². The highest BCUT2D eigenvalue weighted by Gasteiger charge is 2.05. The minimum absolute atomic E-state index is 0.308. The number of halogens is 1. The summed E-state index contributed by atoms with van der Waals surface area (Å²) in [4.78, 5) is 0. The number of hydrogen-bond acceptors (Lipinski definition) is 1. The molecule has 1 aromatic carbocycles. The van der Waals surface area contributed by atoms with E-state index in [1.807, 2.05) is 30.5 Å². The predicted molar refractivity (Wildman–Crippen MR) is 59.6 cm³/mol. The SMILES string of the molecule is Cc1ccc(C)n1-c1cc(N)cc(F)c1. The van der Waals surface area contributed by atoms with Crippen LogP contribution in [0, 0.1) is 19.7 Å². The highest BCUT2D eigenvalue weighted by molar-refractivity contribution is 5.49. The molecule has 2 aromatic rings. The molecule has 2 rings (SSSR count). The van der Waals surface area contributed by atoms with Crippen LogP contribution in [-0.4, -0.2) is 4.57 Å². The molecule has 0 aliphatic rings. The van der Waals surface area contributed by atoms with Crippen molar-refractivity contribution in [2.45, 2.75) is 13.8 Å². The average molecular weight is 204 g/mol. The van der Waals surface area contributed by atoms with Crippen LogP contribution in [0.25, 0.3) is 5.69 Å². The van der Waals surface area contributed by atoms with E-state index in [2.05, 4.69) is 0 Å². The first-order chi connectivity index (χ1) is 7.08. The summed E-state index contributed by atoms with van der Waals surface area (Å²) in [7, 11) is 0. The number of hydrogen-bond donors (Lipinski definition) is 1. The molecule has 0 saturated carbocycles. The fourth-order valence-corrected chi connectivity index (χ4v) is 1.80. The Balaban J connectivity index is 2.63. The van der Waals surface area contributed by atoms with E-state index >= 15 is 0 Å². The van der Waals surface area contributed by atoms with Crippen molar-refractivity contribution < 1.29 is 4.39 Å². The zero-order chi connectivity index (χ0) is 11.0. The molecule has 0 atom stereocenters. The van der Waals surface area contributed by atoms with Gasteiger partial charge >= 0.3 is 0 Å². The molecule has 0 radical (unpaired) electrons. The number of nitrogens with two attached hydrogens (primary N) is 1. The van der Waals surface area contributed by atoms with E-state index in [0.717, 1.165) is 17.1 Å². The van der Waals surface area contributed by atoms with Crippen LogP contribution in [-0.2, 0) is 0 Å². The van der Waals surface area contributed by atoms with Gasteiger partial charge in [-0.3, -0.25) is 0 Å². The van der Waals surface area contributed by atoms with Crippen LogP contribution < -0.4 is 5.73 Å². The Morgan fingerprint density at radius 2 is 1.67 bits per heavy atom. The van der Waals surface area contributed by atoms with Gasteiger partial charge in [0.2, 0.25) is 0 Å². The summed E-state index contributed by atoms with van der Waals surface area (Å²) in [5.74, 6) is -0.308. The maximum absolute atomic E-state index is 13.2. The van der Waals surface area contributed by atoms with Crippen LogP contribution in [0.3, 0.4) is 0 Å². The highest BCUT2D eigenvalue weighted by Crippen LogP contribution is 2.19. The summed E-state index contributed by atoms with van der Waals surface area (Å²) in [6.45, 7) is 3.96. The fraction of sp³-hybridized carbons (Fsp3) is 0.167. The molecule has 1 aromatic heterocycles. The minimum atomic E-state index is -0.308. The standard InChI is InChI=1S/C12H13FN2/c1-8-3-4-9(2)15(8)12-6-10(13)5-11(14)7-12/h3-7H,14H2,1-2H3. The first-order valence-corrected chi connectivity index (χ1v) is 4.79. The van der Waals surface area contributed by atoms with Crippen molar-refractivity contribution in [2.24, 2.45) is 0 Å². The summed E-state index contributed by atoms with van der Waals surface area (Å²) in [5.41, 5.74) is 8.96. The van der Waals surface area contributed by atoms with Gasteiger partial charge in [-0.2, -0.15) is 0 Å². The molecule has 0 saturated heterocycles. The van der Waals surface area contributed by atoms with Gasteiger partial charge in [0.15, 0.2) is 0 Å². The Morgan fingerprint density at radius 1 is 1.07 bits per heavy atom. The molecule has 0 aliphatic carbocycles. The van der Waals surface area contributed by atoms with E-state index in [-0.39, 0.29) is 5.82 Å². The normalized spacial score (nSPS) is 10.6. The number of nitrogen functional groups attached to an aromatic ring is 1. The first kappa shape index (κ1) is 9.77. The Kier molecular flexibility index (Phi) is 2.23. The minimum Gasteiger partial charge on any atom is -0.399 e. The number of anilines is 1. The van der Waals surface area contributed by atoms with E-state index in [4.69, 9.17) is 5.73 Å². The molecule has 0 fully saturated rings. The van der Waals surface area contributed by atoms with Crippen LogP contribution in [0.4, 0.5) is 10.1 Å². The lowest BCUT2D eigenvalue weighted by atomic mass is 10.2. The van der Waals surface area contributed by atoms with Crippen LogP contribution in [0.5, 0.6) is 0 Å². The second-order valence-corrected chi connectivity index (χ2v) is 3.69. The van der Waals surface area contributed by atoms with E-state index in [0.29, 0.717) is 5.69 Å². The highest BCUT2D eigenvalue weighted by atomic mass is 19.1. The molecule has 2 N–H and O–H groups in total. The van der Waals surface area contributed by atoms with Gasteiger partial charge in [-0.15, -0.1) is 0 Å². The Hall–Kier alpha value is -1.77. The molecule has 0 amide bonds. The van der Waals surface area contributed by atoms with Crippen LogP contribution in [0.15, 0.2) is 30.3 Å². The molecule has 0 aliphatic heterocycles. The second-order valence-electron chi connectivity index (χ2n) is 3.69. The van der Waals surface area contributed by atoms with E-state index < -0.39 is 0 Å². The summed E-state index contributed by atoms with van der Waals surface area (Å²) in [6, 6.07) is 8.56. The molecule has 78 valence electrons. The molecule has 2 nitrogen and oxygen atoms in total. The molecule has 3 heteroatoms.